The van der Waals surface area contributed by atoms with E-state index in [0.29, 0.717) is 35.5 Å². The van der Waals surface area contributed by atoms with Gasteiger partial charge in [-0.15, -0.1) is 0 Å². The Kier molecular flexibility index (Phi) is 5.36. The summed E-state index contributed by atoms with van der Waals surface area (Å²) in [5.41, 5.74) is 0.523. The minimum absolute atomic E-state index is 0.179. The molecule has 0 saturated heterocycles. The highest BCUT2D eigenvalue weighted by molar-refractivity contribution is 5.66. The molecule has 0 amide bonds. The van der Waals surface area contributed by atoms with Crippen LogP contribution in [0.1, 0.15) is 85.0 Å². The van der Waals surface area contributed by atoms with Gasteiger partial charge in [0.15, 0.2) is 0 Å². The van der Waals surface area contributed by atoms with Crippen molar-refractivity contribution in [1.82, 2.24) is 0 Å². The highest BCUT2D eigenvalue weighted by Gasteiger charge is 2.62. The van der Waals surface area contributed by atoms with Gasteiger partial charge >= 0.3 is 5.97 Å². The predicted octanol–water partition coefficient (Wildman–Crippen LogP) is 4.48. The van der Waals surface area contributed by atoms with Gasteiger partial charge in [-0.2, -0.15) is 0 Å². The van der Waals surface area contributed by atoms with Crippen LogP contribution in [0, 0.1) is 46.3 Å². The second kappa shape index (κ2) is 7.27. The number of carboxylic acid groups (broad SMARTS) is 1. The van der Waals surface area contributed by atoms with Crippen LogP contribution in [0.3, 0.4) is 0 Å². The van der Waals surface area contributed by atoms with Crippen molar-refractivity contribution >= 4 is 5.97 Å². The lowest BCUT2D eigenvalue weighted by Crippen LogP contribution is -2.58. The molecule has 0 aromatic carbocycles. The number of aliphatic hydroxyl groups is 2. The van der Waals surface area contributed by atoms with Crippen LogP contribution in [-0.4, -0.2) is 33.5 Å². The molecule has 4 aliphatic carbocycles. The standard InChI is InChI=1S/C24H40O4/c1-14(4-7-21(27)28)17-5-6-18-22-19(9-11-24(17,18)3)23(2)10-8-16(25)12-15(23)13-20(22)26/h14-20,22,25-26H,4-13H2,1-3H3,(H,27,28)/t14-,15+,16-,17-,18?,19?,20+,22?,23+,24-/m1/s1. The highest BCUT2D eigenvalue weighted by Crippen LogP contribution is 2.68. The van der Waals surface area contributed by atoms with Crippen molar-refractivity contribution in [2.24, 2.45) is 46.3 Å². The van der Waals surface area contributed by atoms with Gasteiger partial charge in [0.05, 0.1) is 12.2 Å². The fourth-order valence-corrected chi connectivity index (χ4v) is 8.73. The lowest BCUT2D eigenvalue weighted by molar-refractivity contribution is -0.174. The van der Waals surface area contributed by atoms with Crippen molar-refractivity contribution in [1.29, 1.82) is 0 Å². The minimum atomic E-state index is -0.684. The van der Waals surface area contributed by atoms with Gasteiger partial charge in [-0.1, -0.05) is 20.8 Å². The first-order valence-electron chi connectivity index (χ1n) is 11.7. The van der Waals surface area contributed by atoms with E-state index in [1.165, 1.54) is 25.7 Å². The summed E-state index contributed by atoms with van der Waals surface area (Å²) in [4.78, 5) is 11.1. The molecule has 0 aromatic heterocycles. The molecule has 4 fully saturated rings. The molecule has 0 aromatic rings. The van der Waals surface area contributed by atoms with Gasteiger partial charge in [0, 0.05) is 6.42 Å². The minimum Gasteiger partial charge on any atom is -0.481 e. The first-order valence-corrected chi connectivity index (χ1v) is 11.7. The molecule has 0 aliphatic heterocycles. The average Bonchev–Trinajstić information content (AvgIpc) is 2.98. The van der Waals surface area contributed by atoms with E-state index >= 15 is 0 Å². The SMILES string of the molecule is C[C@H](CCC(=O)O)[C@H]1CCC2C3C(CC[C@@]21C)[C@@]1(C)CC[C@@H](O)C[C@H]1C[C@@H]3O. The van der Waals surface area contributed by atoms with E-state index in [9.17, 15) is 15.0 Å². The topological polar surface area (TPSA) is 77.8 Å². The smallest absolute Gasteiger partial charge is 0.303 e. The number of rotatable bonds is 4. The van der Waals surface area contributed by atoms with Crippen LogP contribution in [0.25, 0.3) is 0 Å². The van der Waals surface area contributed by atoms with Crippen LogP contribution >= 0.6 is 0 Å². The summed E-state index contributed by atoms with van der Waals surface area (Å²) in [5, 5.41) is 30.5. The van der Waals surface area contributed by atoms with E-state index < -0.39 is 5.97 Å². The van der Waals surface area contributed by atoms with Gasteiger partial charge in [-0.3, -0.25) is 4.79 Å². The molecule has 4 rings (SSSR count). The van der Waals surface area contributed by atoms with E-state index in [0.717, 1.165) is 32.1 Å². The maximum Gasteiger partial charge on any atom is 0.303 e. The van der Waals surface area contributed by atoms with Crippen LogP contribution in [0.4, 0.5) is 0 Å². The summed E-state index contributed by atoms with van der Waals surface area (Å²) >= 11 is 0. The first-order chi connectivity index (χ1) is 13.2. The normalized spacial score (nSPS) is 51.7. The lowest BCUT2D eigenvalue weighted by Gasteiger charge is -2.62. The second-order valence-corrected chi connectivity index (χ2v) is 11.4. The van der Waals surface area contributed by atoms with Gasteiger partial charge in [0.1, 0.15) is 0 Å². The molecule has 0 radical (unpaired) electrons. The maximum absolute atomic E-state index is 11.2. The van der Waals surface area contributed by atoms with Crippen molar-refractivity contribution in [3.8, 4) is 0 Å². The molecular weight excluding hydrogens is 352 g/mol. The monoisotopic (exact) mass is 392 g/mol. The third kappa shape index (κ3) is 3.14. The van der Waals surface area contributed by atoms with Crippen molar-refractivity contribution in [2.45, 2.75) is 97.2 Å². The number of hydrogen-bond donors (Lipinski definition) is 3. The Bertz CT molecular complexity index is 605. The number of hydrogen-bond acceptors (Lipinski definition) is 3. The Hall–Kier alpha value is -0.610. The Morgan fingerprint density at radius 2 is 1.68 bits per heavy atom. The second-order valence-electron chi connectivity index (χ2n) is 11.4. The zero-order valence-electron chi connectivity index (χ0n) is 17.9. The summed E-state index contributed by atoms with van der Waals surface area (Å²) in [6.45, 7) is 7.16. The molecule has 4 heteroatoms. The summed E-state index contributed by atoms with van der Waals surface area (Å²) in [6.07, 6.45) is 9.19. The van der Waals surface area contributed by atoms with Crippen LogP contribution in [-0.2, 0) is 4.79 Å². The first kappa shape index (κ1) is 20.7. The Morgan fingerprint density at radius 1 is 1.00 bits per heavy atom. The van der Waals surface area contributed by atoms with Crippen molar-refractivity contribution in [3.63, 3.8) is 0 Å². The third-order valence-electron chi connectivity index (χ3n) is 10.2. The zero-order chi connectivity index (χ0) is 20.3. The molecular formula is C24H40O4. The number of aliphatic carboxylic acids is 1. The van der Waals surface area contributed by atoms with E-state index in [1.807, 2.05) is 0 Å². The summed E-state index contributed by atoms with van der Waals surface area (Å²) in [7, 11) is 0. The highest BCUT2D eigenvalue weighted by atomic mass is 16.4. The largest absolute Gasteiger partial charge is 0.481 e. The molecule has 160 valence electrons. The van der Waals surface area contributed by atoms with Gasteiger partial charge < -0.3 is 15.3 Å². The summed E-state index contributed by atoms with van der Waals surface area (Å²) < 4.78 is 0. The van der Waals surface area contributed by atoms with Crippen molar-refractivity contribution in [2.75, 3.05) is 0 Å². The predicted molar refractivity (Wildman–Crippen MR) is 109 cm³/mol. The van der Waals surface area contributed by atoms with Gasteiger partial charge in [-0.05, 0) is 104 Å². The number of carbonyl (C=O) groups is 1. The Morgan fingerprint density at radius 3 is 2.39 bits per heavy atom. The van der Waals surface area contributed by atoms with Crippen LogP contribution in [0.15, 0.2) is 0 Å². The van der Waals surface area contributed by atoms with E-state index in [2.05, 4.69) is 20.8 Å². The number of carboxylic acids is 1. The molecule has 3 unspecified atom stereocenters. The van der Waals surface area contributed by atoms with E-state index in [-0.39, 0.29) is 29.5 Å². The molecule has 0 spiro atoms. The lowest BCUT2D eigenvalue weighted by atomic mass is 9.43. The molecule has 28 heavy (non-hydrogen) atoms. The van der Waals surface area contributed by atoms with E-state index in [1.54, 1.807) is 0 Å². The summed E-state index contributed by atoms with van der Waals surface area (Å²) in [5.74, 6) is 2.36. The molecule has 10 atom stereocenters. The summed E-state index contributed by atoms with van der Waals surface area (Å²) in [6, 6.07) is 0. The van der Waals surface area contributed by atoms with Crippen molar-refractivity contribution in [3.05, 3.63) is 0 Å². The van der Waals surface area contributed by atoms with Crippen molar-refractivity contribution < 1.29 is 20.1 Å². The molecule has 4 aliphatic rings. The van der Waals surface area contributed by atoms with Gasteiger partial charge in [-0.25, -0.2) is 0 Å². The number of aliphatic hydroxyl groups excluding tert-OH is 2. The molecule has 4 nitrogen and oxygen atoms in total. The van der Waals surface area contributed by atoms with E-state index in [4.69, 9.17) is 5.11 Å². The molecule has 3 N–H and O–H groups in total. The third-order valence-corrected chi connectivity index (χ3v) is 10.2. The quantitative estimate of drug-likeness (QED) is 0.659. The maximum atomic E-state index is 11.2. The Labute approximate surface area is 170 Å². The van der Waals surface area contributed by atoms with Crippen LogP contribution in [0.2, 0.25) is 0 Å². The Balaban J connectivity index is 1.55. The molecule has 4 saturated carbocycles. The van der Waals surface area contributed by atoms with Crippen LogP contribution < -0.4 is 0 Å². The van der Waals surface area contributed by atoms with Gasteiger partial charge in [0.25, 0.3) is 0 Å². The fourth-order valence-electron chi connectivity index (χ4n) is 8.73. The zero-order valence-corrected chi connectivity index (χ0v) is 17.9. The fraction of sp³-hybridized carbons (Fsp3) is 0.958. The molecule has 0 heterocycles. The number of fused-ring (bicyclic) bond motifs is 5. The average molecular weight is 393 g/mol. The molecule has 0 bridgehead atoms. The van der Waals surface area contributed by atoms with Crippen LogP contribution in [0.5, 0.6) is 0 Å². The van der Waals surface area contributed by atoms with Gasteiger partial charge in [0.2, 0.25) is 0 Å².